The van der Waals surface area contributed by atoms with E-state index in [1.54, 1.807) is 0 Å². The fourth-order valence-corrected chi connectivity index (χ4v) is 3.45. The van der Waals surface area contributed by atoms with Crippen molar-refractivity contribution in [3.63, 3.8) is 0 Å². The van der Waals surface area contributed by atoms with E-state index < -0.39 is 0 Å². The van der Waals surface area contributed by atoms with E-state index in [-0.39, 0.29) is 22.9 Å². The van der Waals surface area contributed by atoms with Crippen LogP contribution in [0.25, 0.3) is 0 Å². The zero-order valence-corrected chi connectivity index (χ0v) is 14.5. The van der Waals surface area contributed by atoms with Crippen molar-refractivity contribution in [1.82, 2.24) is 0 Å². The first kappa shape index (κ1) is 16.5. The molecule has 126 valence electrons. The molecule has 0 N–H and O–H groups in total. The highest BCUT2D eigenvalue weighted by molar-refractivity contribution is 5.53. The van der Waals surface area contributed by atoms with Crippen LogP contribution in [0.4, 0.5) is 5.69 Å². The smallest absolute Gasteiger partial charge is 0.228 e. The van der Waals surface area contributed by atoms with Gasteiger partial charge in [0, 0.05) is 17.2 Å². The first-order chi connectivity index (χ1) is 11.4. The minimum Gasteiger partial charge on any atom is -0.358 e. The Labute approximate surface area is 143 Å². The molecule has 4 nitrogen and oxygen atoms in total. The Hall–Kier alpha value is -2.36. The van der Waals surface area contributed by atoms with Gasteiger partial charge in [-0.15, -0.1) is 0 Å². The van der Waals surface area contributed by atoms with Crippen LogP contribution in [0.5, 0.6) is 0 Å². The first-order valence-corrected chi connectivity index (χ1v) is 8.43. The number of nitrogens with zero attached hydrogens (tertiary/aromatic N) is 2. The van der Waals surface area contributed by atoms with Crippen LogP contribution in [0.3, 0.4) is 0 Å². The standard InChI is InChI=1S/C20H24N2O2/c1-20(2,3)16-8-10-17(11-9-16)21-13-12-15-6-4-5-7-18(15)19(21)14-22(23)24/h4-11,19H,12-14H2,1-3H3. The van der Waals surface area contributed by atoms with Gasteiger partial charge in [-0.1, -0.05) is 57.2 Å². The van der Waals surface area contributed by atoms with Gasteiger partial charge < -0.3 is 4.90 Å². The van der Waals surface area contributed by atoms with Gasteiger partial charge in [0.25, 0.3) is 0 Å². The summed E-state index contributed by atoms with van der Waals surface area (Å²) in [5.74, 6) is 0. The zero-order valence-electron chi connectivity index (χ0n) is 14.5. The highest BCUT2D eigenvalue weighted by Crippen LogP contribution is 2.35. The molecule has 24 heavy (non-hydrogen) atoms. The first-order valence-electron chi connectivity index (χ1n) is 8.43. The Morgan fingerprint density at radius 1 is 1.12 bits per heavy atom. The van der Waals surface area contributed by atoms with Crippen LogP contribution in [0.1, 0.15) is 43.5 Å². The third-order valence-corrected chi connectivity index (χ3v) is 4.80. The molecule has 0 saturated heterocycles. The van der Waals surface area contributed by atoms with E-state index in [4.69, 9.17) is 0 Å². The Kier molecular flexibility index (Phi) is 4.31. The SMILES string of the molecule is CC(C)(C)c1ccc(N2CCc3ccccc3C2C[N+](=O)[O-])cc1. The fraction of sp³-hybridized carbons (Fsp3) is 0.400. The van der Waals surface area contributed by atoms with Crippen molar-refractivity contribution in [3.8, 4) is 0 Å². The Bertz CT molecular complexity index is 732. The molecule has 0 bridgehead atoms. The summed E-state index contributed by atoms with van der Waals surface area (Å²) in [4.78, 5) is 13.2. The van der Waals surface area contributed by atoms with E-state index >= 15 is 0 Å². The topological polar surface area (TPSA) is 46.4 Å². The highest BCUT2D eigenvalue weighted by Gasteiger charge is 2.31. The van der Waals surface area contributed by atoms with Gasteiger partial charge in [-0.05, 0) is 40.7 Å². The number of anilines is 1. The molecule has 1 atom stereocenters. The monoisotopic (exact) mass is 324 g/mol. The van der Waals surface area contributed by atoms with Crippen molar-refractivity contribution in [1.29, 1.82) is 0 Å². The quantitative estimate of drug-likeness (QED) is 0.622. The minimum absolute atomic E-state index is 0.0714. The molecule has 0 amide bonds. The number of nitro groups is 1. The summed E-state index contributed by atoms with van der Waals surface area (Å²) >= 11 is 0. The molecular weight excluding hydrogens is 300 g/mol. The third-order valence-electron chi connectivity index (χ3n) is 4.80. The van der Waals surface area contributed by atoms with E-state index in [9.17, 15) is 10.1 Å². The van der Waals surface area contributed by atoms with Gasteiger partial charge in [0.1, 0.15) is 6.04 Å². The Morgan fingerprint density at radius 3 is 2.42 bits per heavy atom. The lowest BCUT2D eigenvalue weighted by Gasteiger charge is -2.37. The molecular formula is C20H24N2O2. The van der Waals surface area contributed by atoms with Gasteiger partial charge in [-0.2, -0.15) is 0 Å². The summed E-state index contributed by atoms with van der Waals surface area (Å²) in [5.41, 5.74) is 4.75. The summed E-state index contributed by atoms with van der Waals surface area (Å²) < 4.78 is 0. The lowest BCUT2D eigenvalue weighted by Crippen LogP contribution is -2.39. The maximum atomic E-state index is 11.2. The largest absolute Gasteiger partial charge is 0.358 e. The van der Waals surface area contributed by atoms with Gasteiger partial charge in [-0.3, -0.25) is 10.1 Å². The third kappa shape index (κ3) is 3.28. The van der Waals surface area contributed by atoms with Crippen LogP contribution in [0.15, 0.2) is 48.5 Å². The lowest BCUT2D eigenvalue weighted by molar-refractivity contribution is -0.483. The number of hydrogen-bond donors (Lipinski definition) is 0. The molecule has 1 heterocycles. The van der Waals surface area contributed by atoms with Crippen LogP contribution >= 0.6 is 0 Å². The van der Waals surface area contributed by atoms with E-state index in [1.165, 1.54) is 11.1 Å². The number of hydrogen-bond acceptors (Lipinski definition) is 3. The Morgan fingerprint density at radius 2 is 1.79 bits per heavy atom. The molecule has 1 aliphatic heterocycles. The molecule has 0 radical (unpaired) electrons. The summed E-state index contributed by atoms with van der Waals surface area (Å²) in [6, 6.07) is 16.4. The second kappa shape index (κ2) is 6.27. The van der Waals surface area contributed by atoms with E-state index in [1.807, 2.05) is 18.2 Å². The van der Waals surface area contributed by atoms with Crippen LogP contribution in [0.2, 0.25) is 0 Å². The van der Waals surface area contributed by atoms with Gasteiger partial charge in [0.2, 0.25) is 6.54 Å². The molecule has 0 aromatic heterocycles. The molecule has 0 spiro atoms. The van der Waals surface area contributed by atoms with E-state index in [0.29, 0.717) is 0 Å². The van der Waals surface area contributed by atoms with Crippen LogP contribution in [0, 0.1) is 10.1 Å². The van der Waals surface area contributed by atoms with Gasteiger partial charge in [0.05, 0.1) is 0 Å². The summed E-state index contributed by atoms with van der Waals surface area (Å²) in [7, 11) is 0. The summed E-state index contributed by atoms with van der Waals surface area (Å²) in [6.07, 6.45) is 0.922. The fourth-order valence-electron chi connectivity index (χ4n) is 3.45. The zero-order chi connectivity index (χ0) is 17.3. The Balaban J connectivity index is 1.95. The van der Waals surface area contributed by atoms with Crippen molar-refractivity contribution in [2.45, 2.75) is 38.6 Å². The lowest BCUT2D eigenvalue weighted by atomic mass is 9.86. The predicted molar refractivity (Wildman–Crippen MR) is 97.2 cm³/mol. The van der Waals surface area contributed by atoms with Crippen LogP contribution in [-0.4, -0.2) is 18.0 Å². The van der Waals surface area contributed by atoms with Gasteiger partial charge in [0.15, 0.2) is 0 Å². The summed E-state index contributed by atoms with van der Waals surface area (Å²) in [5, 5.41) is 11.2. The van der Waals surface area contributed by atoms with E-state index in [2.05, 4.69) is 56.0 Å². The van der Waals surface area contributed by atoms with Crippen molar-refractivity contribution in [3.05, 3.63) is 75.3 Å². The number of rotatable bonds is 3. The summed E-state index contributed by atoms with van der Waals surface area (Å²) in [6.45, 7) is 7.31. The second-order valence-corrected chi connectivity index (χ2v) is 7.47. The predicted octanol–water partition coefficient (Wildman–Crippen LogP) is 4.36. The number of fused-ring (bicyclic) bond motifs is 1. The molecule has 0 aliphatic carbocycles. The molecule has 3 rings (SSSR count). The average molecular weight is 324 g/mol. The number of benzene rings is 2. The second-order valence-electron chi connectivity index (χ2n) is 7.47. The molecule has 2 aromatic carbocycles. The highest BCUT2D eigenvalue weighted by atomic mass is 16.6. The maximum Gasteiger partial charge on any atom is 0.228 e. The van der Waals surface area contributed by atoms with Crippen molar-refractivity contribution in [2.24, 2.45) is 0 Å². The molecule has 0 saturated carbocycles. The molecule has 1 aliphatic rings. The minimum atomic E-state index is -0.205. The van der Waals surface area contributed by atoms with Gasteiger partial charge in [-0.25, -0.2) is 0 Å². The molecule has 2 aromatic rings. The van der Waals surface area contributed by atoms with Crippen LogP contribution in [-0.2, 0) is 11.8 Å². The molecule has 0 fully saturated rings. The average Bonchev–Trinajstić information content (AvgIpc) is 2.54. The molecule has 1 unspecified atom stereocenters. The van der Waals surface area contributed by atoms with Gasteiger partial charge >= 0.3 is 0 Å². The maximum absolute atomic E-state index is 11.2. The van der Waals surface area contributed by atoms with Crippen LogP contribution < -0.4 is 4.90 Å². The normalized spacial score (nSPS) is 17.5. The van der Waals surface area contributed by atoms with Crippen molar-refractivity contribution < 1.29 is 4.92 Å². The van der Waals surface area contributed by atoms with E-state index in [0.717, 1.165) is 24.2 Å². The van der Waals surface area contributed by atoms with Crippen molar-refractivity contribution >= 4 is 5.69 Å². The molecule has 4 heteroatoms. The van der Waals surface area contributed by atoms with Crippen molar-refractivity contribution in [2.75, 3.05) is 18.0 Å².